The summed E-state index contributed by atoms with van der Waals surface area (Å²) in [6, 6.07) is -0.435. The molecule has 0 saturated carbocycles. The molecule has 0 aliphatic carbocycles. The van der Waals surface area contributed by atoms with Crippen LogP contribution >= 0.6 is 0 Å². The zero-order chi connectivity index (χ0) is 10.3. The largest absolute Gasteiger partial charge is 0.422 e. The predicted molar refractivity (Wildman–Crippen MR) is 41.5 cm³/mol. The maximum atomic E-state index is 12.4. The molecule has 2 N–H and O–H groups in total. The number of nitrogens with two attached hydrogens (primary N) is 1. The van der Waals surface area contributed by atoms with Gasteiger partial charge in [-0.15, -0.1) is 0 Å². The van der Waals surface area contributed by atoms with Crippen LogP contribution in [0.25, 0.3) is 0 Å². The summed E-state index contributed by atoms with van der Waals surface area (Å²) >= 11 is 0. The van der Waals surface area contributed by atoms with Gasteiger partial charge in [-0.3, -0.25) is 4.99 Å². The van der Waals surface area contributed by atoms with Gasteiger partial charge in [-0.05, 0) is 13.8 Å². The fourth-order valence-electron chi connectivity index (χ4n) is 0.896. The van der Waals surface area contributed by atoms with Gasteiger partial charge in [0.05, 0.1) is 6.04 Å². The first-order valence-corrected chi connectivity index (χ1v) is 3.81. The number of nitrogens with zero attached hydrogens (tertiary/aromatic N) is 1. The van der Waals surface area contributed by atoms with Crippen LogP contribution in [-0.4, -0.2) is 30.3 Å². The molecule has 3 unspecified atom stereocenters. The van der Waals surface area contributed by atoms with E-state index in [-0.39, 0.29) is 0 Å². The van der Waals surface area contributed by atoms with E-state index in [1.165, 1.54) is 0 Å². The lowest BCUT2D eigenvalue weighted by Crippen LogP contribution is -2.55. The summed E-state index contributed by atoms with van der Waals surface area (Å²) in [7, 11) is 0. The minimum atomic E-state index is -4.48. The van der Waals surface area contributed by atoms with Crippen molar-refractivity contribution >= 4 is 6.21 Å². The van der Waals surface area contributed by atoms with Crippen LogP contribution in [0.1, 0.15) is 13.8 Å². The van der Waals surface area contributed by atoms with Crippen molar-refractivity contribution in [1.82, 2.24) is 0 Å². The van der Waals surface area contributed by atoms with Crippen LogP contribution in [0.3, 0.4) is 0 Å². The highest BCUT2D eigenvalue weighted by molar-refractivity contribution is 5.70. The van der Waals surface area contributed by atoms with Gasteiger partial charge in [0, 0.05) is 6.21 Å². The zero-order valence-electron chi connectivity index (χ0n) is 7.30. The maximum absolute atomic E-state index is 12.4. The summed E-state index contributed by atoms with van der Waals surface area (Å²) in [6.07, 6.45) is -4.72. The number of hydrogen-bond donors (Lipinski definition) is 1. The summed E-state index contributed by atoms with van der Waals surface area (Å²) in [4.78, 5) is 3.64. The molecule has 0 aromatic heterocycles. The summed E-state index contributed by atoms with van der Waals surface area (Å²) < 4.78 is 41.7. The topological polar surface area (TPSA) is 47.6 Å². The van der Waals surface area contributed by atoms with Crippen LogP contribution < -0.4 is 5.73 Å². The fourth-order valence-corrected chi connectivity index (χ4v) is 0.896. The van der Waals surface area contributed by atoms with E-state index >= 15 is 0 Å². The average Bonchev–Trinajstić information content (AvgIpc) is 1.95. The predicted octanol–water partition coefficient (Wildman–Crippen LogP) is 1.08. The van der Waals surface area contributed by atoms with Crippen molar-refractivity contribution in [3.63, 3.8) is 0 Å². The quantitative estimate of drug-likeness (QED) is 0.630. The molecule has 0 aromatic rings. The number of alkyl halides is 3. The van der Waals surface area contributed by atoms with Crippen molar-refractivity contribution in [2.75, 3.05) is 0 Å². The fraction of sp³-hybridized carbons (Fsp3) is 0.857. The second-order valence-corrected chi connectivity index (χ2v) is 3.21. The lowest BCUT2D eigenvalue weighted by atomic mass is 10.1. The number of aliphatic imine (C=N–C) groups is 1. The number of ether oxygens (including phenoxy) is 1. The highest BCUT2D eigenvalue weighted by Gasteiger charge is 2.54. The molecule has 3 atom stereocenters. The molecule has 13 heavy (non-hydrogen) atoms. The molecule has 0 spiro atoms. The van der Waals surface area contributed by atoms with Gasteiger partial charge in [-0.1, -0.05) is 0 Å². The Morgan fingerprint density at radius 2 is 2.08 bits per heavy atom. The first-order chi connectivity index (χ1) is 5.76. The standard InChI is InChI=1S/C7H11F3N2O/c1-4-5(11)13-6(2,3-12-4)7(8,9)10/h3-5H,11H2,1-2H3. The lowest BCUT2D eigenvalue weighted by molar-refractivity contribution is -0.256. The van der Waals surface area contributed by atoms with Crippen LogP contribution in [0.15, 0.2) is 4.99 Å². The molecule has 1 aliphatic heterocycles. The van der Waals surface area contributed by atoms with Crippen molar-refractivity contribution in [2.45, 2.75) is 37.9 Å². The lowest BCUT2D eigenvalue weighted by Gasteiger charge is -2.36. The molecule has 1 aliphatic rings. The van der Waals surface area contributed by atoms with Crippen LogP contribution in [0, 0.1) is 0 Å². The van der Waals surface area contributed by atoms with Crippen molar-refractivity contribution in [2.24, 2.45) is 10.7 Å². The third kappa shape index (κ3) is 1.83. The normalized spacial score (nSPS) is 40.8. The van der Waals surface area contributed by atoms with E-state index in [1.54, 1.807) is 6.92 Å². The SMILES string of the molecule is CC1N=CC(C)(C(F)(F)F)OC1N. The Hall–Kier alpha value is -0.620. The molecule has 0 saturated heterocycles. The smallest absolute Gasteiger partial charge is 0.340 e. The molecule has 3 nitrogen and oxygen atoms in total. The summed E-state index contributed by atoms with van der Waals surface area (Å²) in [5, 5.41) is 0. The first kappa shape index (κ1) is 10.5. The van der Waals surface area contributed by atoms with Gasteiger partial charge in [0.1, 0.15) is 6.23 Å². The molecule has 76 valence electrons. The Morgan fingerprint density at radius 1 is 1.54 bits per heavy atom. The zero-order valence-corrected chi connectivity index (χ0v) is 7.30. The molecular formula is C7H11F3N2O. The third-order valence-electron chi connectivity index (χ3n) is 1.98. The molecule has 1 heterocycles. The Morgan fingerprint density at radius 3 is 2.46 bits per heavy atom. The monoisotopic (exact) mass is 196 g/mol. The Balaban J connectivity index is 2.90. The summed E-state index contributed by atoms with van der Waals surface area (Å²) in [5.41, 5.74) is 2.97. The molecule has 0 radical (unpaired) electrons. The minimum absolute atomic E-state index is 0.435. The van der Waals surface area contributed by atoms with Crippen LogP contribution in [-0.2, 0) is 4.74 Å². The van der Waals surface area contributed by atoms with E-state index in [2.05, 4.69) is 9.73 Å². The van der Waals surface area contributed by atoms with E-state index in [0.717, 1.165) is 13.1 Å². The molecule has 0 amide bonds. The minimum Gasteiger partial charge on any atom is -0.340 e. The molecule has 6 heteroatoms. The van der Waals surface area contributed by atoms with Gasteiger partial charge in [0.15, 0.2) is 5.60 Å². The molecule has 0 bridgehead atoms. The van der Waals surface area contributed by atoms with Crippen LogP contribution in [0.4, 0.5) is 13.2 Å². The van der Waals surface area contributed by atoms with E-state index in [1.807, 2.05) is 0 Å². The van der Waals surface area contributed by atoms with Crippen LogP contribution in [0.2, 0.25) is 0 Å². The molecule has 0 fully saturated rings. The van der Waals surface area contributed by atoms with Gasteiger partial charge in [0.2, 0.25) is 0 Å². The van der Waals surface area contributed by atoms with Crippen molar-refractivity contribution in [1.29, 1.82) is 0 Å². The van der Waals surface area contributed by atoms with Crippen molar-refractivity contribution < 1.29 is 17.9 Å². The van der Waals surface area contributed by atoms with E-state index in [0.29, 0.717) is 0 Å². The van der Waals surface area contributed by atoms with E-state index in [4.69, 9.17) is 5.73 Å². The first-order valence-electron chi connectivity index (χ1n) is 3.81. The van der Waals surface area contributed by atoms with Gasteiger partial charge in [-0.25, -0.2) is 0 Å². The van der Waals surface area contributed by atoms with Gasteiger partial charge >= 0.3 is 6.18 Å². The second-order valence-electron chi connectivity index (χ2n) is 3.21. The van der Waals surface area contributed by atoms with E-state index < -0.39 is 24.0 Å². The Labute approximate surface area is 73.8 Å². The Bertz CT molecular complexity index is 228. The molecule has 0 aromatic carbocycles. The molecular weight excluding hydrogens is 185 g/mol. The summed E-state index contributed by atoms with van der Waals surface area (Å²) in [5.74, 6) is 0. The highest BCUT2D eigenvalue weighted by Crippen LogP contribution is 2.34. The van der Waals surface area contributed by atoms with Crippen molar-refractivity contribution in [3.05, 3.63) is 0 Å². The Kier molecular flexibility index (Phi) is 2.38. The van der Waals surface area contributed by atoms with Crippen LogP contribution in [0.5, 0.6) is 0 Å². The van der Waals surface area contributed by atoms with Crippen molar-refractivity contribution in [3.8, 4) is 0 Å². The van der Waals surface area contributed by atoms with Gasteiger partial charge < -0.3 is 10.5 Å². The summed E-state index contributed by atoms with van der Waals surface area (Å²) in [6.45, 7) is 2.50. The maximum Gasteiger partial charge on any atom is 0.422 e. The average molecular weight is 196 g/mol. The number of rotatable bonds is 0. The number of hydrogen-bond acceptors (Lipinski definition) is 3. The molecule has 1 rings (SSSR count). The highest BCUT2D eigenvalue weighted by atomic mass is 19.4. The van der Waals surface area contributed by atoms with Gasteiger partial charge in [0.25, 0.3) is 0 Å². The number of halogens is 3. The van der Waals surface area contributed by atoms with E-state index in [9.17, 15) is 13.2 Å². The van der Waals surface area contributed by atoms with Gasteiger partial charge in [-0.2, -0.15) is 13.2 Å². The third-order valence-corrected chi connectivity index (χ3v) is 1.98. The second kappa shape index (κ2) is 2.95.